The second-order valence-electron chi connectivity index (χ2n) is 7.86. The molecule has 2 saturated carbocycles. The Bertz CT molecular complexity index is 939. The van der Waals surface area contributed by atoms with Crippen molar-refractivity contribution in [3.8, 4) is 0 Å². The summed E-state index contributed by atoms with van der Waals surface area (Å²) < 4.78 is 0. The molecular formula is C22H24ClN3OS. The minimum absolute atomic E-state index is 0.620. The smallest absolute Gasteiger partial charge is 0.210 e. The van der Waals surface area contributed by atoms with Crippen LogP contribution in [0.4, 0.5) is 11.4 Å². The van der Waals surface area contributed by atoms with E-state index >= 15 is 0 Å². The average Bonchev–Trinajstić information content (AvgIpc) is 3.60. The van der Waals surface area contributed by atoms with Crippen molar-refractivity contribution in [3.05, 3.63) is 52.5 Å². The number of fused-ring (bicyclic) bond motifs is 1. The lowest BCUT2D eigenvalue weighted by molar-refractivity contribution is 0.164. The van der Waals surface area contributed by atoms with E-state index in [1.807, 2.05) is 29.2 Å². The van der Waals surface area contributed by atoms with E-state index in [0.29, 0.717) is 16.9 Å². The number of nitrogens with zero attached hydrogens (tertiary/aromatic N) is 2. The zero-order valence-corrected chi connectivity index (χ0v) is 17.4. The molecule has 2 fully saturated rings. The van der Waals surface area contributed by atoms with Crippen molar-refractivity contribution in [1.29, 1.82) is 0 Å². The number of aliphatic imine (C=N–C) groups is 1. The van der Waals surface area contributed by atoms with E-state index in [9.17, 15) is 5.11 Å². The quantitative estimate of drug-likeness (QED) is 0.668. The summed E-state index contributed by atoms with van der Waals surface area (Å²) in [5.74, 6) is 2.11. The van der Waals surface area contributed by atoms with Crippen molar-refractivity contribution in [3.63, 3.8) is 0 Å². The Kier molecular flexibility index (Phi) is 4.77. The molecule has 1 aliphatic heterocycles. The number of aliphatic hydroxyl groups is 1. The first-order chi connectivity index (χ1) is 13.7. The Balaban J connectivity index is 1.66. The van der Waals surface area contributed by atoms with Gasteiger partial charge in [0.2, 0.25) is 6.35 Å². The molecule has 2 aromatic carbocycles. The van der Waals surface area contributed by atoms with Gasteiger partial charge in [-0.05, 0) is 73.6 Å². The minimum Gasteiger partial charge on any atom is -0.356 e. The summed E-state index contributed by atoms with van der Waals surface area (Å²) >= 11 is 8.28. The maximum atomic E-state index is 11.0. The summed E-state index contributed by atoms with van der Waals surface area (Å²) in [5, 5.41) is 14.8. The first-order valence-corrected chi connectivity index (χ1v) is 11.5. The van der Waals surface area contributed by atoms with Crippen LogP contribution >= 0.6 is 23.4 Å². The highest BCUT2D eigenvalue weighted by atomic mass is 35.5. The molecule has 146 valence electrons. The molecular weight excluding hydrogens is 390 g/mol. The normalized spacial score (nSPS) is 22.9. The third-order valence-corrected chi connectivity index (χ3v) is 6.82. The van der Waals surface area contributed by atoms with Crippen molar-refractivity contribution in [1.82, 2.24) is 5.32 Å². The summed E-state index contributed by atoms with van der Waals surface area (Å²) in [7, 11) is 0. The fourth-order valence-electron chi connectivity index (χ4n) is 3.82. The molecule has 28 heavy (non-hydrogen) atoms. The van der Waals surface area contributed by atoms with Crippen LogP contribution in [-0.4, -0.2) is 30.1 Å². The Labute approximate surface area is 175 Å². The fraction of sp³-hybridized carbons (Fsp3) is 0.409. The lowest BCUT2D eigenvalue weighted by Crippen LogP contribution is -2.51. The van der Waals surface area contributed by atoms with Gasteiger partial charge < -0.3 is 10.4 Å². The average molecular weight is 414 g/mol. The van der Waals surface area contributed by atoms with Crippen LogP contribution in [0.3, 0.4) is 0 Å². The lowest BCUT2D eigenvalue weighted by Gasteiger charge is -2.38. The highest BCUT2D eigenvalue weighted by Crippen LogP contribution is 2.48. The van der Waals surface area contributed by atoms with Crippen molar-refractivity contribution >= 4 is 40.6 Å². The van der Waals surface area contributed by atoms with E-state index in [1.54, 1.807) is 11.8 Å². The topological polar surface area (TPSA) is 47.9 Å². The van der Waals surface area contributed by atoms with E-state index in [0.717, 1.165) is 29.3 Å². The summed E-state index contributed by atoms with van der Waals surface area (Å²) in [4.78, 5) is 8.03. The Morgan fingerprint density at radius 3 is 2.64 bits per heavy atom. The molecule has 4 nitrogen and oxygen atoms in total. The number of aliphatic hydroxyl groups excluding tert-OH is 1. The molecule has 0 amide bonds. The molecule has 0 radical (unpaired) electrons. The van der Waals surface area contributed by atoms with Gasteiger partial charge in [0.1, 0.15) is 5.84 Å². The Hall–Kier alpha value is -1.69. The summed E-state index contributed by atoms with van der Waals surface area (Å²) in [5.41, 5.74) is 4.19. The van der Waals surface area contributed by atoms with Crippen molar-refractivity contribution < 1.29 is 5.11 Å². The van der Waals surface area contributed by atoms with Gasteiger partial charge >= 0.3 is 0 Å². The molecule has 0 spiro atoms. The van der Waals surface area contributed by atoms with Crippen LogP contribution < -0.4 is 10.2 Å². The molecule has 2 aromatic rings. The van der Waals surface area contributed by atoms with Crippen LogP contribution in [-0.2, 0) is 0 Å². The molecule has 1 unspecified atom stereocenters. The molecule has 0 aromatic heterocycles. The standard InChI is InChI=1S/C22H24ClN3OS/c1-28-20-11-16-19(10-15(20)14-8-9-14)26(18-5-3-2-4-17(18)23)22(27)25-21(16)24-12-13-6-7-13/h2-5,10-11,13-14,22,27H,6-9,12H2,1H3,(H,24,25). The third kappa shape index (κ3) is 3.40. The number of nitrogens with one attached hydrogen (secondary N) is 1. The lowest BCUT2D eigenvalue weighted by atomic mass is 10.0. The maximum absolute atomic E-state index is 11.0. The minimum atomic E-state index is -0.905. The number of hydrogen-bond acceptors (Lipinski definition) is 4. The molecule has 5 rings (SSSR count). The van der Waals surface area contributed by atoms with Gasteiger partial charge in [0.25, 0.3) is 0 Å². The number of anilines is 2. The molecule has 2 N–H and O–H groups in total. The number of rotatable bonds is 5. The third-order valence-electron chi connectivity index (χ3n) is 5.71. The van der Waals surface area contributed by atoms with Crippen LogP contribution in [0.15, 0.2) is 46.3 Å². The molecule has 1 atom stereocenters. The summed E-state index contributed by atoms with van der Waals surface area (Å²) in [6.45, 7) is 0.819. The predicted octanol–water partition coefficient (Wildman–Crippen LogP) is 5.11. The van der Waals surface area contributed by atoms with Gasteiger partial charge in [-0.3, -0.25) is 9.89 Å². The second-order valence-corrected chi connectivity index (χ2v) is 9.11. The summed E-state index contributed by atoms with van der Waals surface area (Å²) in [6.07, 6.45) is 6.22. The molecule has 0 bridgehead atoms. The zero-order chi connectivity index (χ0) is 19.3. The number of hydrogen-bond donors (Lipinski definition) is 2. The molecule has 3 aliphatic rings. The van der Waals surface area contributed by atoms with Gasteiger partial charge in [-0.1, -0.05) is 23.7 Å². The van der Waals surface area contributed by atoms with Crippen LogP contribution in [0, 0.1) is 5.92 Å². The first-order valence-electron chi connectivity index (χ1n) is 9.91. The number of para-hydroxylation sites is 1. The van der Waals surface area contributed by atoms with Crippen LogP contribution in [0.1, 0.15) is 42.7 Å². The first kappa shape index (κ1) is 18.3. The molecule has 2 aliphatic carbocycles. The van der Waals surface area contributed by atoms with Gasteiger partial charge in [-0.25, -0.2) is 0 Å². The van der Waals surface area contributed by atoms with E-state index in [4.69, 9.17) is 16.6 Å². The van der Waals surface area contributed by atoms with E-state index in [2.05, 4.69) is 23.7 Å². The largest absolute Gasteiger partial charge is 0.356 e. The highest BCUT2D eigenvalue weighted by molar-refractivity contribution is 7.98. The molecule has 6 heteroatoms. The van der Waals surface area contributed by atoms with Gasteiger partial charge in [0.15, 0.2) is 0 Å². The van der Waals surface area contributed by atoms with Gasteiger partial charge in [-0.15, -0.1) is 11.8 Å². The number of halogens is 1. The van der Waals surface area contributed by atoms with E-state index in [1.165, 1.54) is 36.1 Å². The Morgan fingerprint density at radius 2 is 1.96 bits per heavy atom. The number of amidine groups is 1. The predicted molar refractivity (Wildman–Crippen MR) is 117 cm³/mol. The van der Waals surface area contributed by atoms with E-state index in [-0.39, 0.29) is 0 Å². The highest BCUT2D eigenvalue weighted by Gasteiger charge is 2.34. The van der Waals surface area contributed by atoms with Crippen LogP contribution in [0.25, 0.3) is 0 Å². The van der Waals surface area contributed by atoms with Gasteiger partial charge in [0, 0.05) is 17.0 Å². The van der Waals surface area contributed by atoms with E-state index < -0.39 is 6.35 Å². The number of benzene rings is 2. The molecule has 1 heterocycles. The molecule has 0 saturated heterocycles. The van der Waals surface area contributed by atoms with Crippen molar-refractivity contribution in [2.24, 2.45) is 10.9 Å². The Morgan fingerprint density at radius 1 is 1.18 bits per heavy atom. The van der Waals surface area contributed by atoms with Crippen molar-refractivity contribution in [2.45, 2.75) is 42.8 Å². The van der Waals surface area contributed by atoms with Crippen LogP contribution in [0.2, 0.25) is 5.02 Å². The van der Waals surface area contributed by atoms with Crippen LogP contribution in [0.5, 0.6) is 0 Å². The monoisotopic (exact) mass is 413 g/mol. The second kappa shape index (κ2) is 7.29. The maximum Gasteiger partial charge on any atom is 0.210 e. The van der Waals surface area contributed by atoms with Gasteiger partial charge in [-0.2, -0.15) is 0 Å². The summed E-state index contributed by atoms with van der Waals surface area (Å²) in [6, 6.07) is 12.1. The SMILES string of the molecule is CSc1cc2c(cc1C1CC1)N(c1ccccc1Cl)C(O)NC2=NCC1CC1. The van der Waals surface area contributed by atoms with Crippen molar-refractivity contribution in [2.75, 3.05) is 17.7 Å². The number of thioether (sulfide) groups is 1. The fourth-order valence-corrected chi connectivity index (χ4v) is 4.74. The van der Waals surface area contributed by atoms with Gasteiger partial charge in [0.05, 0.1) is 16.4 Å². The zero-order valence-electron chi connectivity index (χ0n) is 15.9.